The summed E-state index contributed by atoms with van der Waals surface area (Å²) in [6, 6.07) is 8.36. The molecule has 0 radical (unpaired) electrons. The van der Waals surface area contributed by atoms with E-state index >= 15 is 0 Å². The average molecular weight is 285 g/mol. The molecule has 3 atom stereocenters. The van der Waals surface area contributed by atoms with Gasteiger partial charge in [-0.25, -0.2) is 4.79 Å². The van der Waals surface area contributed by atoms with Gasteiger partial charge in [0.25, 0.3) is 0 Å². The highest BCUT2D eigenvalue weighted by atomic mass is 16.2. The first-order valence-corrected chi connectivity index (χ1v) is 7.68. The Kier molecular flexibility index (Phi) is 2.87. The van der Waals surface area contributed by atoms with Gasteiger partial charge < -0.3 is 15.5 Å². The van der Waals surface area contributed by atoms with Crippen molar-refractivity contribution in [2.24, 2.45) is 5.92 Å². The number of rotatable bonds is 1. The van der Waals surface area contributed by atoms with Crippen molar-refractivity contribution in [3.63, 3.8) is 0 Å². The molecule has 1 aromatic rings. The number of nitrogens with zero attached hydrogens (tertiary/aromatic N) is 1. The molecule has 2 heterocycles. The fourth-order valence-corrected chi connectivity index (χ4v) is 3.89. The van der Waals surface area contributed by atoms with Crippen LogP contribution in [0.25, 0.3) is 0 Å². The van der Waals surface area contributed by atoms with Gasteiger partial charge in [0.05, 0.1) is 12.1 Å². The first-order chi connectivity index (χ1) is 10.2. The molecule has 110 valence electrons. The molecule has 2 aliphatic heterocycles. The number of urea groups is 1. The van der Waals surface area contributed by atoms with E-state index in [4.69, 9.17) is 0 Å². The van der Waals surface area contributed by atoms with Gasteiger partial charge in [0.1, 0.15) is 0 Å². The summed E-state index contributed by atoms with van der Waals surface area (Å²) in [7, 11) is 0. The number of fused-ring (bicyclic) bond motifs is 2. The summed E-state index contributed by atoms with van der Waals surface area (Å²) in [5, 5.41) is 5.86. The van der Waals surface area contributed by atoms with E-state index in [1.54, 1.807) is 0 Å². The van der Waals surface area contributed by atoms with Crippen LogP contribution in [0, 0.1) is 5.92 Å². The lowest BCUT2D eigenvalue weighted by Gasteiger charge is -2.32. The molecule has 0 aromatic heterocycles. The van der Waals surface area contributed by atoms with Gasteiger partial charge in [0, 0.05) is 18.2 Å². The zero-order chi connectivity index (χ0) is 14.4. The number of amides is 3. The second-order valence-corrected chi connectivity index (χ2v) is 6.21. The van der Waals surface area contributed by atoms with E-state index in [9.17, 15) is 9.59 Å². The van der Waals surface area contributed by atoms with Crippen LogP contribution < -0.4 is 15.5 Å². The molecule has 1 saturated carbocycles. The zero-order valence-electron chi connectivity index (χ0n) is 11.8. The Balaban J connectivity index is 1.50. The minimum absolute atomic E-state index is 0.0256. The number of carbonyl (C=O) groups is 2. The molecule has 3 aliphatic rings. The predicted molar refractivity (Wildman–Crippen MR) is 79.1 cm³/mol. The van der Waals surface area contributed by atoms with Crippen LogP contribution in [0.4, 0.5) is 10.5 Å². The minimum atomic E-state index is -0.0929. The topological polar surface area (TPSA) is 61.4 Å². The lowest BCUT2D eigenvalue weighted by atomic mass is 9.82. The average Bonchev–Trinajstić information content (AvgIpc) is 3.07. The molecule has 2 N–H and O–H groups in total. The third-order valence-corrected chi connectivity index (χ3v) is 4.99. The summed E-state index contributed by atoms with van der Waals surface area (Å²) in [6.07, 6.45) is 3.44. The van der Waals surface area contributed by atoms with E-state index in [0.29, 0.717) is 0 Å². The van der Waals surface area contributed by atoms with Crippen molar-refractivity contribution < 1.29 is 9.59 Å². The number of nitrogens with one attached hydrogen (secondary N) is 2. The van der Waals surface area contributed by atoms with Crippen LogP contribution in [0.15, 0.2) is 24.3 Å². The largest absolute Gasteiger partial charge is 0.333 e. The maximum Gasteiger partial charge on any atom is 0.315 e. The summed E-state index contributed by atoms with van der Waals surface area (Å²) < 4.78 is 0. The minimum Gasteiger partial charge on any atom is -0.333 e. The Bertz CT molecular complexity index is 601. The van der Waals surface area contributed by atoms with E-state index in [-0.39, 0.29) is 29.9 Å². The summed E-state index contributed by atoms with van der Waals surface area (Å²) in [4.78, 5) is 26.1. The molecule has 1 aliphatic carbocycles. The van der Waals surface area contributed by atoms with Gasteiger partial charge in [-0.15, -0.1) is 0 Å². The molecular weight excluding hydrogens is 266 g/mol. The fraction of sp³-hybridized carbons (Fsp3) is 0.500. The van der Waals surface area contributed by atoms with Gasteiger partial charge in [-0.1, -0.05) is 18.2 Å². The van der Waals surface area contributed by atoms with Crippen LogP contribution >= 0.6 is 0 Å². The first-order valence-electron chi connectivity index (χ1n) is 7.68. The number of hydrogen-bond acceptors (Lipinski definition) is 2. The quantitative estimate of drug-likeness (QED) is 0.820. The molecule has 5 nitrogen and oxygen atoms in total. The number of anilines is 1. The maximum atomic E-state index is 12.8. The molecule has 2 fully saturated rings. The van der Waals surface area contributed by atoms with E-state index in [1.807, 2.05) is 23.1 Å². The fourth-order valence-electron chi connectivity index (χ4n) is 3.89. The SMILES string of the molecule is O=C1NC2CCC(C(=O)N3CCc4ccccc43)CC2N1. The standard InChI is InChI=1S/C16H19N3O2/c20-15(19-8-7-10-3-1-2-4-14(10)19)11-5-6-12-13(9-11)18-16(21)17-12/h1-4,11-13H,5-9H2,(H2,17,18,21). The molecule has 0 spiro atoms. The molecule has 0 bridgehead atoms. The third kappa shape index (κ3) is 2.07. The molecule has 21 heavy (non-hydrogen) atoms. The molecule has 5 heteroatoms. The van der Waals surface area contributed by atoms with E-state index in [2.05, 4.69) is 16.7 Å². The van der Waals surface area contributed by atoms with Crippen molar-refractivity contribution in [1.82, 2.24) is 10.6 Å². The Morgan fingerprint density at radius 1 is 1.14 bits per heavy atom. The highest BCUT2D eigenvalue weighted by molar-refractivity contribution is 5.97. The van der Waals surface area contributed by atoms with Crippen molar-refractivity contribution in [3.05, 3.63) is 29.8 Å². The van der Waals surface area contributed by atoms with E-state index in [1.165, 1.54) is 5.56 Å². The Morgan fingerprint density at radius 2 is 1.95 bits per heavy atom. The van der Waals surface area contributed by atoms with Crippen molar-refractivity contribution in [2.75, 3.05) is 11.4 Å². The van der Waals surface area contributed by atoms with Crippen LogP contribution in [0.3, 0.4) is 0 Å². The number of carbonyl (C=O) groups excluding carboxylic acids is 2. The van der Waals surface area contributed by atoms with Gasteiger partial charge in [-0.3, -0.25) is 4.79 Å². The van der Waals surface area contributed by atoms with Crippen molar-refractivity contribution in [1.29, 1.82) is 0 Å². The van der Waals surface area contributed by atoms with Crippen LogP contribution in [0.2, 0.25) is 0 Å². The highest BCUT2D eigenvalue weighted by Gasteiger charge is 2.41. The Hall–Kier alpha value is -2.04. The molecule has 1 saturated heterocycles. The molecule has 3 unspecified atom stereocenters. The smallest absolute Gasteiger partial charge is 0.315 e. The summed E-state index contributed by atoms with van der Waals surface area (Å²) in [5.41, 5.74) is 2.33. The van der Waals surface area contributed by atoms with Crippen LogP contribution in [-0.2, 0) is 11.2 Å². The van der Waals surface area contributed by atoms with Crippen molar-refractivity contribution in [2.45, 2.75) is 37.8 Å². The van der Waals surface area contributed by atoms with Crippen LogP contribution in [-0.4, -0.2) is 30.6 Å². The molecule has 1 aromatic carbocycles. The predicted octanol–water partition coefficient (Wildman–Crippen LogP) is 1.43. The van der Waals surface area contributed by atoms with Gasteiger partial charge in [-0.2, -0.15) is 0 Å². The monoisotopic (exact) mass is 285 g/mol. The number of benzene rings is 1. The lowest BCUT2D eigenvalue weighted by Crippen LogP contribution is -2.45. The molecular formula is C16H19N3O2. The van der Waals surface area contributed by atoms with Gasteiger partial charge in [0.2, 0.25) is 5.91 Å². The second-order valence-electron chi connectivity index (χ2n) is 6.21. The number of para-hydroxylation sites is 1. The van der Waals surface area contributed by atoms with Crippen molar-refractivity contribution in [3.8, 4) is 0 Å². The van der Waals surface area contributed by atoms with Crippen LogP contribution in [0.5, 0.6) is 0 Å². The summed E-state index contributed by atoms with van der Waals surface area (Å²) >= 11 is 0. The summed E-state index contributed by atoms with van der Waals surface area (Å²) in [6.45, 7) is 0.785. The van der Waals surface area contributed by atoms with Gasteiger partial charge in [0.15, 0.2) is 0 Å². The normalized spacial score (nSPS) is 30.4. The lowest BCUT2D eigenvalue weighted by molar-refractivity contribution is -0.123. The van der Waals surface area contributed by atoms with E-state index in [0.717, 1.165) is 37.9 Å². The Labute approximate surface area is 123 Å². The van der Waals surface area contributed by atoms with Gasteiger partial charge in [-0.05, 0) is 37.3 Å². The van der Waals surface area contributed by atoms with Crippen molar-refractivity contribution >= 4 is 17.6 Å². The Morgan fingerprint density at radius 3 is 2.86 bits per heavy atom. The number of hydrogen-bond donors (Lipinski definition) is 2. The third-order valence-electron chi connectivity index (χ3n) is 4.99. The summed E-state index contributed by atoms with van der Waals surface area (Å²) in [5.74, 6) is 0.247. The maximum absolute atomic E-state index is 12.8. The second kappa shape index (κ2) is 4.76. The zero-order valence-corrected chi connectivity index (χ0v) is 11.8. The molecule has 4 rings (SSSR count). The molecule has 3 amide bonds. The van der Waals surface area contributed by atoms with Crippen LogP contribution in [0.1, 0.15) is 24.8 Å². The van der Waals surface area contributed by atoms with E-state index < -0.39 is 0 Å². The first kappa shape index (κ1) is 12.7. The highest BCUT2D eigenvalue weighted by Crippen LogP contribution is 2.33. The van der Waals surface area contributed by atoms with Gasteiger partial charge >= 0.3 is 6.03 Å².